The van der Waals surface area contributed by atoms with Gasteiger partial charge in [-0.05, 0) is 12.5 Å². The smallest absolute Gasteiger partial charge is 0.337 e. The lowest BCUT2D eigenvalue weighted by Crippen LogP contribution is -2.43. The third-order valence-corrected chi connectivity index (χ3v) is 4.99. The van der Waals surface area contributed by atoms with Crippen LogP contribution in [0.3, 0.4) is 0 Å². The van der Waals surface area contributed by atoms with Gasteiger partial charge in [-0.2, -0.15) is 0 Å². The van der Waals surface area contributed by atoms with Crippen LogP contribution in [0.1, 0.15) is 13.3 Å². The van der Waals surface area contributed by atoms with E-state index in [2.05, 4.69) is 0 Å². The Morgan fingerprint density at radius 3 is 3.00 bits per heavy atom. The number of methoxy groups -OCH3 is 1. The molecule has 6 nitrogen and oxygen atoms in total. The van der Waals surface area contributed by atoms with E-state index in [1.165, 1.54) is 13.4 Å². The summed E-state index contributed by atoms with van der Waals surface area (Å²) in [6.45, 7) is 1.94. The molecular weight excluding hydrogens is 276 g/mol. The van der Waals surface area contributed by atoms with E-state index in [1.807, 2.05) is 19.1 Å². The van der Waals surface area contributed by atoms with Crippen molar-refractivity contribution in [2.24, 2.45) is 17.8 Å². The van der Waals surface area contributed by atoms with Gasteiger partial charge in [-0.1, -0.05) is 13.0 Å². The maximum absolute atomic E-state index is 12.1. The Hall–Kier alpha value is -1.82. The van der Waals surface area contributed by atoms with Crippen LogP contribution < -0.4 is 0 Å². The maximum Gasteiger partial charge on any atom is 0.337 e. The van der Waals surface area contributed by atoms with Gasteiger partial charge in [0.1, 0.15) is 6.10 Å². The Kier molecular flexibility index (Phi) is 2.52. The zero-order valence-electron chi connectivity index (χ0n) is 11.8. The molecule has 2 fully saturated rings. The molecule has 2 saturated heterocycles. The Morgan fingerprint density at radius 1 is 1.48 bits per heavy atom. The van der Waals surface area contributed by atoms with Gasteiger partial charge in [-0.15, -0.1) is 0 Å². The van der Waals surface area contributed by atoms with Gasteiger partial charge < -0.3 is 18.9 Å². The van der Waals surface area contributed by atoms with Crippen LogP contribution in [0.25, 0.3) is 0 Å². The first-order chi connectivity index (χ1) is 10.1. The van der Waals surface area contributed by atoms with Gasteiger partial charge >= 0.3 is 11.9 Å². The fraction of sp³-hybridized carbons (Fsp3) is 0.600. The fourth-order valence-corrected chi connectivity index (χ4v) is 4.03. The molecule has 3 aliphatic heterocycles. The molecule has 6 atom stereocenters. The summed E-state index contributed by atoms with van der Waals surface area (Å²) in [7, 11) is 1.33. The van der Waals surface area contributed by atoms with Crippen molar-refractivity contribution >= 4 is 11.9 Å². The van der Waals surface area contributed by atoms with Crippen molar-refractivity contribution in [2.75, 3.05) is 7.11 Å². The van der Waals surface area contributed by atoms with Crippen LogP contribution in [-0.2, 0) is 28.5 Å². The molecule has 0 bridgehead atoms. The summed E-state index contributed by atoms with van der Waals surface area (Å²) in [6, 6.07) is 0. The first-order valence-electron chi connectivity index (χ1n) is 7.14. The van der Waals surface area contributed by atoms with Crippen LogP contribution in [0.5, 0.6) is 0 Å². The number of ether oxygens (including phenoxy) is 4. The summed E-state index contributed by atoms with van der Waals surface area (Å²) in [5, 5.41) is 0. The van der Waals surface area contributed by atoms with Crippen molar-refractivity contribution in [3.05, 3.63) is 24.0 Å². The molecule has 1 aliphatic carbocycles. The highest BCUT2D eigenvalue weighted by Gasteiger charge is 2.71. The molecule has 0 aromatic rings. The van der Waals surface area contributed by atoms with Crippen molar-refractivity contribution in [3.8, 4) is 0 Å². The van der Waals surface area contributed by atoms with E-state index >= 15 is 0 Å². The molecule has 0 radical (unpaired) electrons. The highest BCUT2D eigenvalue weighted by molar-refractivity contribution is 5.90. The lowest BCUT2D eigenvalue weighted by Gasteiger charge is -2.32. The Bertz CT molecular complexity index is 579. The topological polar surface area (TPSA) is 71.1 Å². The van der Waals surface area contributed by atoms with Crippen molar-refractivity contribution in [3.63, 3.8) is 0 Å². The molecule has 0 N–H and O–H groups in total. The lowest BCUT2D eigenvalue weighted by atomic mass is 9.77. The molecule has 21 heavy (non-hydrogen) atoms. The summed E-state index contributed by atoms with van der Waals surface area (Å²) in [6.07, 6.45) is 4.99. The Morgan fingerprint density at radius 2 is 2.29 bits per heavy atom. The lowest BCUT2D eigenvalue weighted by molar-refractivity contribution is -0.162. The zero-order chi connectivity index (χ0) is 14.8. The summed E-state index contributed by atoms with van der Waals surface area (Å²) in [4.78, 5) is 23.9. The first kappa shape index (κ1) is 12.9. The average Bonchev–Trinajstić information content (AvgIpc) is 3.08. The number of hydrogen-bond acceptors (Lipinski definition) is 6. The van der Waals surface area contributed by atoms with Gasteiger partial charge in [-0.25, -0.2) is 4.79 Å². The predicted molar refractivity (Wildman–Crippen MR) is 68.6 cm³/mol. The van der Waals surface area contributed by atoms with Crippen LogP contribution >= 0.6 is 0 Å². The molecule has 6 heteroatoms. The maximum atomic E-state index is 12.1. The molecule has 0 saturated carbocycles. The minimum atomic E-state index is -0.805. The standard InChI is InChI=1S/C15H16O6/c1-3-7-11-15(21-13(7)17)5-4-8-9(12(16)18-2)6-19-14(20-11)10(8)15/h4-8,10-11,14H,3H2,1-2H3/t7-,8+,10-,11-,14+,15+/m0/s1. The van der Waals surface area contributed by atoms with E-state index in [-0.39, 0.29) is 29.8 Å². The highest BCUT2D eigenvalue weighted by Crippen LogP contribution is 2.58. The molecule has 0 unspecified atom stereocenters. The van der Waals surface area contributed by atoms with Gasteiger partial charge in [0, 0.05) is 5.92 Å². The SMILES string of the molecule is CC[C@@H]1C(=O)O[C@@]23C=C[C@@H]4C(C(=O)OC)=CO[C@H](O[C@@H]12)[C@H]43. The summed E-state index contributed by atoms with van der Waals surface area (Å²) in [5.74, 6) is -1.38. The van der Waals surface area contributed by atoms with Crippen LogP contribution in [0.4, 0.5) is 0 Å². The molecule has 3 heterocycles. The van der Waals surface area contributed by atoms with Crippen LogP contribution in [0, 0.1) is 17.8 Å². The second-order valence-corrected chi connectivity index (χ2v) is 5.83. The second kappa shape index (κ2) is 4.10. The molecule has 112 valence electrons. The number of carbonyl (C=O) groups is 2. The second-order valence-electron chi connectivity index (χ2n) is 5.83. The van der Waals surface area contributed by atoms with Gasteiger partial charge in [-0.3, -0.25) is 4.79 Å². The van der Waals surface area contributed by atoms with E-state index in [4.69, 9.17) is 18.9 Å². The summed E-state index contributed by atoms with van der Waals surface area (Å²) < 4.78 is 22.0. The molecule has 4 rings (SSSR count). The molecule has 1 spiro atoms. The first-order valence-corrected chi connectivity index (χ1v) is 7.14. The van der Waals surface area contributed by atoms with E-state index in [0.29, 0.717) is 12.0 Å². The minimum Gasteiger partial charge on any atom is -0.471 e. The van der Waals surface area contributed by atoms with Crippen molar-refractivity contribution in [1.82, 2.24) is 0 Å². The van der Waals surface area contributed by atoms with E-state index in [9.17, 15) is 9.59 Å². The highest BCUT2D eigenvalue weighted by atomic mass is 16.7. The number of rotatable bonds is 2. The zero-order valence-corrected chi connectivity index (χ0v) is 11.8. The summed E-state index contributed by atoms with van der Waals surface area (Å²) in [5.41, 5.74) is -0.368. The van der Waals surface area contributed by atoms with Gasteiger partial charge in [0.05, 0.1) is 30.8 Å². The van der Waals surface area contributed by atoms with Gasteiger partial charge in [0.2, 0.25) is 6.29 Å². The third kappa shape index (κ3) is 1.41. The van der Waals surface area contributed by atoms with Crippen molar-refractivity contribution in [1.29, 1.82) is 0 Å². The van der Waals surface area contributed by atoms with E-state index in [0.717, 1.165) is 0 Å². The molecular formula is C15H16O6. The third-order valence-electron chi connectivity index (χ3n) is 4.99. The molecule has 0 amide bonds. The van der Waals surface area contributed by atoms with Crippen LogP contribution in [0.15, 0.2) is 24.0 Å². The van der Waals surface area contributed by atoms with Crippen molar-refractivity contribution in [2.45, 2.75) is 31.3 Å². The Labute approximate surface area is 121 Å². The largest absolute Gasteiger partial charge is 0.471 e. The van der Waals surface area contributed by atoms with Crippen LogP contribution in [-0.4, -0.2) is 37.0 Å². The van der Waals surface area contributed by atoms with Gasteiger partial charge in [0.25, 0.3) is 0 Å². The number of esters is 2. The number of hydrogen-bond donors (Lipinski definition) is 0. The molecule has 0 aromatic carbocycles. The predicted octanol–water partition coefficient (Wildman–Crippen LogP) is 0.922. The van der Waals surface area contributed by atoms with Crippen molar-refractivity contribution < 1.29 is 28.5 Å². The quantitative estimate of drug-likeness (QED) is 0.557. The summed E-state index contributed by atoms with van der Waals surface area (Å²) >= 11 is 0. The fourth-order valence-electron chi connectivity index (χ4n) is 4.03. The Balaban J connectivity index is 1.74. The minimum absolute atomic E-state index is 0.204. The molecule has 0 aromatic heterocycles. The number of carbonyl (C=O) groups excluding carboxylic acids is 2. The van der Waals surface area contributed by atoms with E-state index < -0.39 is 17.9 Å². The number of allylic oxidation sites excluding steroid dienone is 1. The van der Waals surface area contributed by atoms with E-state index in [1.54, 1.807) is 0 Å². The monoisotopic (exact) mass is 292 g/mol. The van der Waals surface area contributed by atoms with Crippen LogP contribution in [0.2, 0.25) is 0 Å². The average molecular weight is 292 g/mol. The molecule has 4 aliphatic rings. The normalized spacial score (nSPS) is 45.5. The van der Waals surface area contributed by atoms with Gasteiger partial charge in [0.15, 0.2) is 5.60 Å².